The molecule has 4 heterocycles. The smallest absolute Gasteiger partial charge is 0.197 e. The van der Waals surface area contributed by atoms with Gasteiger partial charge in [0.15, 0.2) is 7.28 Å². The lowest BCUT2D eigenvalue weighted by Gasteiger charge is -2.19. The molecule has 0 unspecified atom stereocenters. The van der Waals surface area contributed by atoms with E-state index < -0.39 is 0 Å². The minimum atomic E-state index is 1.19. The molecule has 38 heavy (non-hydrogen) atoms. The fourth-order valence-corrected chi connectivity index (χ4v) is 7.43. The highest BCUT2D eigenvalue weighted by Crippen LogP contribution is 2.42. The number of H-pyrrole nitrogens is 1. The molecule has 10 rings (SSSR count). The zero-order valence-electron chi connectivity index (χ0n) is 20.8. The molecule has 1 radical (unpaired) electrons. The van der Waals surface area contributed by atoms with Crippen LogP contribution >= 0.6 is 0 Å². The second-order valence-corrected chi connectivity index (χ2v) is 10.9. The van der Waals surface area contributed by atoms with Crippen LogP contribution in [-0.2, 0) is 0 Å². The summed E-state index contributed by atoms with van der Waals surface area (Å²) < 4.78 is 2.55. The van der Waals surface area contributed by atoms with Crippen molar-refractivity contribution in [2.24, 2.45) is 0 Å². The van der Waals surface area contributed by atoms with Crippen molar-refractivity contribution in [1.82, 2.24) is 9.38 Å². The molecular formula is C35H20BN2. The molecule has 0 aliphatic carbocycles. The topological polar surface area (TPSA) is 20.2 Å². The Labute approximate surface area is 218 Å². The monoisotopic (exact) mass is 479 g/mol. The van der Waals surface area contributed by atoms with Crippen molar-refractivity contribution in [3.8, 4) is 11.1 Å². The summed E-state index contributed by atoms with van der Waals surface area (Å²) in [4.78, 5) is 3.82. The maximum atomic E-state index is 3.82. The summed E-state index contributed by atoms with van der Waals surface area (Å²) in [5, 5.41) is 10.5. The van der Waals surface area contributed by atoms with Crippen LogP contribution in [-0.4, -0.2) is 16.7 Å². The molecule has 0 saturated heterocycles. The predicted octanol–water partition coefficient (Wildman–Crippen LogP) is 7.57. The van der Waals surface area contributed by atoms with Crippen LogP contribution < -0.4 is 10.9 Å². The van der Waals surface area contributed by atoms with Crippen molar-refractivity contribution in [2.45, 2.75) is 6.92 Å². The van der Waals surface area contributed by atoms with Gasteiger partial charge in [-0.2, -0.15) is 0 Å². The van der Waals surface area contributed by atoms with Gasteiger partial charge in [0.25, 0.3) is 0 Å². The SMILES string of the molecule is Cc1cc(-c2cccc3c2[nH]c2cc4ccccc4cc23)c2c3c1c1cccc4c5cccc(c5n3c41)[B]2. The van der Waals surface area contributed by atoms with Gasteiger partial charge in [0.2, 0.25) is 0 Å². The van der Waals surface area contributed by atoms with E-state index in [0.29, 0.717) is 0 Å². The largest absolute Gasteiger partial charge is 0.354 e. The molecule has 0 fully saturated rings. The number of hydrogen-bond acceptors (Lipinski definition) is 0. The third kappa shape index (κ3) is 2.12. The number of hydrogen-bond donors (Lipinski definition) is 1. The van der Waals surface area contributed by atoms with E-state index in [4.69, 9.17) is 0 Å². The Morgan fingerprint density at radius 2 is 1.34 bits per heavy atom. The van der Waals surface area contributed by atoms with Gasteiger partial charge in [0.1, 0.15) is 0 Å². The first kappa shape index (κ1) is 19.4. The summed E-state index contributed by atoms with van der Waals surface area (Å²) in [5.74, 6) is 0. The summed E-state index contributed by atoms with van der Waals surface area (Å²) in [7, 11) is 2.42. The summed E-state index contributed by atoms with van der Waals surface area (Å²) >= 11 is 0. The quantitative estimate of drug-likeness (QED) is 0.235. The van der Waals surface area contributed by atoms with Crippen LogP contribution in [0.2, 0.25) is 0 Å². The molecule has 1 aliphatic rings. The molecule has 0 amide bonds. The summed E-state index contributed by atoms with van der Waals surface area (Å²) in [5.41, 5.74) is 12.9. The Morgan fingerprint density at radius 1 is 0.605 bits per heavy atom. The molecule has 0 atom stereocenters. The Hall–Kier alpha value is -4.76. The van der Waals surface area contributed by atoms with E-state index in [1.165, 1.54) is 98.3 Å². The van der Waals surface area contributed by atoms with Crippen LogP contribution in [0, 0.1) is 6.92 Å². The lowest BCUT2D eigenvalue weighted by Crippen LogP contribution is -2.34. The van der Waals surface area contributed by atoms with E-state index >= 15 is 0 Å². The van der Waals surface area contributed by atoms with Crippen LogP contribution in [0.15, 0.2) is 97.1 Å². The minimum absolute atomic E-state index is 1.19. The molecule has 3 aromatic heterocycles. The average Bonchev–Trinajstić information content (AvgIpc) is 3.61. The number of aryl methyl sites for hydroxylation is 1. The van der Waals surface area contributed by atoms with Gasteiger partial charge < -0.3 is 9.38 Å². The Kier molecular flexibility index (Phi) is 3.25. The van der Waals surface area contributed by atoms with Crippen molar-refractivity contribution < 1.29 is 0 Å². The average molecular weight is 479 g/mol. The number of rotatable bonds is 1. The van der Waals surface area contributed by atoms with Crippen molar-refractivity contribution in [3.63, 3.8) is 0 Å². The minimum Gasteiger partial charge on any atom is -0.354 e. The second kappa shape index (κ2) is 6.38. The van der Waals surface area contributed by atoms with Crippen molar-refractivity contribution in [1.29, 1.82) is 0 Å². The van der Waals surface area contributed by atoms with Crippen LogP contribution in [0.4, 0.5) is 0 Å². The molecule has 2 nitrogen and oxygen atoms in total. The Balaban J connectivity index is 1.38. The number of benzene rings is 6. The molecule has 173 valence electrons. The highest BCUT2D eigenvalue weighted by atomic mass is 14.9. The van der Waals surface area contributed by atoms with Gasteiger partial charge in [0.05, 0.1) is 11.0 Å². The van der Waals surface area contributed by atoms with Crippen LogP contribution in [0.1, 0.15) is 5.56 Å². The van der Waals surface area contributed by atoms with Crippen LogP contribution in [0.3, 0.4) is 0 Å². The van der Waals surface area contributed by atoms with Gasteiger partial charge in [-0.15, -0.1) is 0 Å². The Morgan fingerprint density at radius 3 is 2.24 bits per heavy atom. The normalized spacial score (nSPS) is 13.1. The molecule has 1 aliphatic heterocycles. The number of aromatic amines is 1. The van der Waals surface area contributed by atoms with Crippen molar-refractivity contribution in [3.05, 3.63) is 103 Å². The number of aromatic nitrogens is 2. The highest BCUT2D eigenvalue weighted by molar-refractivity contribution is 6.75. The number of para-hydroxylation sites is 3. The zero-order chi connectivity index (χ0) is 24.7. The van der Waals surface area contributed by atoms with Gasteiger partial charge in [-0.05, 0) is 46.4 Å². The van der Waals surface area contributed by atoms with E-state index in [0.717, 1.165) is 0 Å². The zero-order valence-corrected chi connectivity index (χ0v) is 20.8. The number of nitrogens with zero attached hydrogens (tertiary/aromatic N) is 1. The molecule has 0 spiro atoms. The van der Waals surface area contributed by atoms with E-state index in [1.54, 1.807) is 0 Å². The third-order valence-electron chi connectivity index (χ3n) is 8.96. The van der Waals surface area contributed by atoms with Gasteiger partial charge >= 0.3 is 0 Å². The summed E-state index contributed by atoms with van der Waals surface area (Å²) in [6.45, 7) is 2.28. The van der Waals surface area contributed by atoms with Gasteiger partial charge in [-0.3, -0.25) is 0 Å². The number of nitrogens with one attached hydrogen (secondary N) is 1. The van der Waals surface area contributed by atoms with E-state index in [1.807, 2.05) is 0 Å². The molecule has 3 heteroatoms. The molecule has 0 saturated carbocycles. The van der Waals surface area contributed by atoms with Gasteiger partial charge in [0, 0.05) is 54.4 Å². The Bertz CT molecular complexity index is 2490. The second-order valence-electron chi connectivity index (χ2n) is 10.9. The third-order valence-corrected chi connectivity index (χ3v) is 8.96. The first-order valence-electron chi connectivity index (χ1n) is 13.3. The molecule has 0 bridgehead atoms. The molecule has 6 aromatic carbocycles. The standard InChI is InChI=1S/C35H20BN2/c1-18-15-27(22-10-4-9-21-26-16-19-7-2-3-8-20(19)17-29(26)37-32(21)22)31-35-30(18)25-13-5-11-23-24-12-6-14-28(36-31)34(24)38(35)33(23)25/h2-17,37H,1H3. The fourth-order valence-electron chi connectivity index (χ4n) is 7.43. The maximum absolute atomic E-state index is 3.82. The molecular weight excluding hydrogens is 459 g/mol. The highest BCUT2D eigenvalue weighted by Gasteiger charge is 2.28. The molecule has 9 aromatic rings. The van der Waals surface area contributed by atoms with E-state index in [-0.39, 0.29) is 0 Å². The summed E-state index contributed by atoms with van der Waals surface area (Å²) in [6, 6.07) is 36.0. The van der Waals surface area contributed by atoms with Crippen molar-refractivity contribution in [2.75, 3.05) is 0 Å². The van der Waals surface area contributed by atoms with E-state index in [2.05, 4.69) is 121 Å². The first-order valence-corrected chi connectivity index (χ1v) is 13.3. The van der Waals surface area contributed by atoms with Gasteiger partial charge in [-0.1, -0.05) is 90.4 Å². The van der Waals surface area contributed by atoms with E-state index in [9.17, 15) is 0 Å². The summed E-state index contributed by atoms with van der Waals surface area (Å²) in [6.07, 6.45) is 0. The number of fused-ring (bicyclic) bond motifs is 6. The van der Waals surface area contributed by atoms with Crippen LogP contribution in [0.25, 0.3) is 81.8 Å². The fraction of sp³-hybridized carbons (Fsp3) is 0.0286. The molecule has 1 N–H and O–H groups in total. The van der Waals surface area contributed by atoms with Crippen LogP contribution in [0.5, 0.6) is 0 Å². The predicted molar refractivity (Wildman–Crippen MR) is 163 cm³/mol. The maximum Gasteiger partial charge on any atom is 0.197 e. The van der Waals surface area contributed by atoms with Gasteiger partial charge in [-0.25, -0.2) is 0 Å². The van der Waals surface area contributed by atoms with Crippen molar-refractivity contribution >= 4 is 88.9 Å². The lowest BCUT2D eigenvalue weighted by atomic mass is 9.59. The first-order chi connectivity index (χ1) is 18.8. The lowest BCUT2D eigenvalue weighted by molar-refractivity contribution is 1.37.